The van der Waals surface area contributed by atoms with Crippen molar-refractivity contribution in [2.24, 2.45) is 0 Å². The average Bonchev–Trinajstić information content (AvgIpc) is 3.15. The second kappa shape index (κ2) is 7.53. The summed E-state index contributed by atoms with van der Waals surface area (Å²) in [6.45, 7) is 0.579. The van der Waals surface area contributed by atoms with Gasteiger partial charge >= 0.3 is 0 Å². The molecule has 0 aliphatic heterocycles. The predicted molar refractivity (Wildman–Crippen MR) is 95.3 cm³/mol. The summed E-state index contributed by atoms with van der Waals surface area (Å²) in [4.78, 5) is 12.6. The lowest BCUT2D eigenvalue weighted by atomic mass is 10.1. The molecule has 1 N–H and O–H groups in total. The number of aromatic nitrogens is 2. The minimum Gasteiger partial charge on any atom is -0.493 e. The standard InChI is InChI=1S/C19H19N3O3/c1-24-17-9-8-14(12-18(17)25-2)19(23)21-16-7-4-3-6-15(16)13-22-11-5-10-20-22/h3-12H,13H2,1-2H3,(H,21,23). The van der Waals surface area contributed by atoms with Crippen LogP contribution in [0, 0.1) is 0 Å². The lowest BCUT2D eigenvalue weighted by Gasteiger charge is -2.13. The monoisotopic (exact) mass is 337 g/mol. The summed E-state index contributed by atoms with van der Waals surface area (Å²) in [5.41, 5.74) is 2.21. The van der Waals surface area contributed by atoms with Crippen LogP contribution in [0.2, 0.25) is 0 Å². The molecule has 0 atom stereocenters. The summed E-state index contributed by atoms with van der Waals surface area (Å²) >= 11 is 0. The number of nitrogens with zero attached hydrogens (tertiary/aromatic N) is 2. The number of benzene rings is 2. The molecule has 0 aliphatic rings. The number of methoxy groups -OCH3 is 2. The van der Waals surface area contributed by atoms with Crippen LogP contribution in [0.3, 0.4) is 0 Å². The molecule has 2 aromatic carbocycles. The molecule has 0 fully saturated rings. The summed E-state index contributed by atoms with van der Waals surface area (Å²) in [5, 5.41) is 7.16. The van der Waals surface area contributed by atoms with Crippen molar-refractivity contribution in [3.05, 3.63) is 72.1 Å². The number of carbonyl (C=O) groups excluding carboxylic acids is 1. The number of amides is 1. The van der Waals surface area contributed by atoms with Crippen LogP contribution in [0.25, 0.3) is 0 Å². The number of anilines is 1. The highest BCUT2D eigenvalue weighted by Crippen LogP contribution is 2.28. The minimum absolute atomic E-state index is 0.214. The Balaban J connectivity index is 1.81. The molecule has 1 heterocycles. The van der Waals surface area contributed by atoms with Crippen LogP contribution < -0.4 is 14.8 Å². The fraction of sp³-hybridized carbons (Fsp3) is 0.158. The van der Waals surface area contributed by atoms with Crippen LogP contribution in [0.1, 0.15) is 15.9 Å². The third-order valence-corrected chi connectivity index (χ3v) is 3.80. The number of rotatable bonds is 6. The Morgan fingerprint density at radius 1 is 1.08 bits per heavy atom. The average molecular weight is 337 g/mol. The molecule has 6 heteroatoms. The molecular weight excluding hydrogens is 318 g/mol. The van der Waals surface area contributed by atoms with E-state index in [1.807, 2.05) is 36.5 Å². The normalized spacial score (nSPS) is 10.3. The van der Waals surface area contributed by atoms with Gasteiger partial charge in [0.1, 0.15) is 0 Å². The van der Waals surface area contributed by atoms with E-state index in [9.17, 15) is 4.79 Å². The van der Waals surface area contributed by atoms with Crippen molar-refractivity contribution in [1.82, 2.24) is 9.78 Å². The molecule has 1 amide bonds. The maximum absolute atomic E-state index is 12.6. The molecule has 6 nitrogen and oxygen atoms in total. The van der Waals surface area contributed by atoms with Gasteiger partial charge in [-0.05, 0) is 35.9 Å². The third-order valence-electron chi connectivity index (χ3n) is 3.80. The molecule has 0 radical (unpaired) electrons. The third kappa shape index (κ3) is 3.80. The zero-order chi connectivity index (χ0) is 17.6. The smallest absolute Gasteiger partial charge is 0.255 e. The molecule has 3 rings (SSSR count). The van der Waals surface area contributed by atoms with Gasteiger partial charge in [-0.2, -0.15) is 5.10 Å². The number of para-hydroxylation sites is 1. The van der Waals surface area contributed by atoms with Crippen molar-refractivity contribution in [3.8, 4) is 11.5 Å². The Hall–Kier alpha value is -3.28. The quantitative estimate of drug-likeness (QED) is 0.750. The molecule has 0 spiro atoms. The highest BCUT2D eigenvalue weighted by molar-refractivity contribution is 6.05. The van der Waals surface area contributed by atoms with E-state index in [0.29, 0.717) is 23.6 Å². The first kappa shape index (κ1) is 16.6. The first-order chi connectivity index (χ1) is 12.2. The Morgan fingerprint density at radius 3 is 2.60 bits per heavy atom. The first-order valence-electron chi connectivity index (χ1n) is 7.80. The molecular formula is C19H19N3O3. The first-order valence-corrected chi connectivity index (χ1v) is 7.80. The molecule has 3 aromatic rings. The van der Waals surface area contributed by atoms with Crippen LogP contribution in [0.4, 0.5) is 5.69 Å². The summed E-state index contributed by atoms with van der Waals surface area (Å²) in [6.07, 6.45) is 3.61. The zero-order valence-electron chi connectivity index (χ0n) is 14.1. The van der Waals surface area contributed by atoms with Gasteiger partial charge < -0.3 is 14.8 Å². The van der Waals surface area contributed by atoms with Gasteiger partial charge in [0.05, 0.1) is 20.8 Å². The molecule has 128 valence electrons. The van der Waals surface area contributed by atoms with E-state index in [1.54, 1.807) is 43.3 Å². The van der Waals surface area contributed by atoms with Crippen molar-refractivity contribution in [2.45, 2.75) is 6.54 Å². The van der Waals surface area contributed by atoms with Crippen LogP contribution in [0.5, 0.6) is 11.5 Å². The SMILES string of the molecule is COc1ccc(C(=O)Nc2ccccc2Cn2cccn2)cc1OC. The Bertz CT molecular complexity index is 860. The van der Waals surface area contributed by atoms with E-state index in [2.05, 4.69) is 10.4 Å². The van der Waals surface area contributed by atoms with Crippen molar-refractivity contribution < 1.29 is 14.3 Å². The predicted octanol–water partition coefficient (Wildman–Crippen LogP) is 3.20. The fourth-order valence-corrected chi connectivity index (χ4v) is 2.52. The van der Waals surface area contributed by atoms with Gasteiger partial charge in [-0.3, -0.25) is 9.48 Å². The van der Waals surface area contributed by atoms with Crippen LogP contribution in [-0.2, 0) is 6.54 Å². The van der Waals surface area contributed by atoms with Crippen molar-refractivity contribution in [1.29, 1.82) is 0 Å². The van der Waals surface area contributed by atoms with E-state index in [0.717, 1.165) is 11.3 Å². The molecule has 25 heavy (non-hydrogen) atoms. The van der Waals surface area contributed by atoms with Gasteiger partial charge in [0.15, 0.2) is 11.5 Å². The maximum Gasteiger partial charge on any atom is 0.255 e. The summed E-state index contributed by atoms with van der Waals surface area (Å²) in [7, 11) is 3.10. The van der Waals surface area contributed by atoms with Gasteiger partial charge in [0.25, 0.3) is 5.91 Å². The van der Waals surface area contributed by atoms with Crippen molar-refractivity contribution >= 4 is 11.6 Å². The number of nitrogens with one attached hydrogen (secondary N) is 1. The van der Waals surface area contributed by atoms with Crippen molar-refractivity contribution in [3.63, 3.8) is 0 Å². The lowest BCUT2D eigenvalue weighted by Crippen LogP contribution is -2.14. The molecule has 1 aromatic heterocycles. The maximum atomic E-state index is 12.6. The van der Waals surface area contributed by atoms with Crippen LogP contribution >= 0.6 is 0 Å². The fourth-order valence-electron chi connectivity index (χ4n) is 2.52. The zero-order valence-corrected chi connectivity index (χ0v) is 14.1. The Labute approximate surface area is 146 Å². The van der Waals surface area contributed by atoms with E-state index in [1.165, 1.54) is 0 Å². The number of ether oxygens (including phenoxy) is 2. The van der Waals surface area contributed by atoms with Gasteiger partial charge in [-0.15, -0.1) is 0 Å². The van der Waals surface area contributed by atoms with Gasteiger partial charge in [-0.1, -0.05) is 18.2 Å². The number of hydrogen-bond acceptors (Lipinski definition) is 4. The summed E-state index contributed by atoms with van der Waals surface area (Å²) in [6, 6.07) is 14.6. The molecule has 0 unspecified atom stereocenters. The molecule has 0 saturated heterocycles. The second-order valence-corrected chi connectivity index (χ2v) is 5.38. The topological polar surface area (TPSA) is 65.4 Å². The van der Waals surface area contributed by atoms with E-state index in [-0.39, 0.29) is 5.91 Å². The van der Waals surface area contributed by atoms with E-state index >= 15 is 0 Å². The summed E-state index contributed by atoms with van der Waals surface area (Å²) < 4.78 is 12.3. The Morgan fingerprint density at radius 2 is 1.88 bits per heavy atom. The second-order valence-electron chi connectivity index (χ2n) is 5.38. The van der Waals surface area contributed by atoms with Gasteiger partial charge in [-0.25, -0.2) is 0 Å². The molecule has 0 bridgehead atoms. The number of hydrogen-bond donors (Lipinski definition) is 1. The number of carbonyl (C=O) groups is 1. The summed E-state index contributed by atoms with van der Waals surface area (Å²) in [5.74, 6) is 0.881. The van der Waals surface area contributed by atoms with Crippen LogP contribution in [-0.4, -0.2) is 29.9 Å². The molecule has 0 saturated carbocycles. The minimum atomic E-state index is -0.214. The highest BCUT2D eigenvalue weighted by Gasteiger charge is 2.12. The molecule has 0 aliphatic carbocycles. The van der Waals surface area contributed by atoms with Crippen LogP contribution in [0.15, 0.2) is 60.9 Å². The lowest BCUT2D eigenvalue weighted by molar-refractivity contribution is 0.102. The van der Waals surface area contributed by atoms with Gasteiger partial charge in [0.2, 0.25) is 0 Å². The van der Waals surface area contributed by atoms with E-state index < -0.39 is 0 Å². The van der Waals surface area contributed by atoms with Crippen molar-refractivity contribution in [2.75, 3.05) is 19.5 Å². The largest absolute Gasteiger partial charge is 0.493 e. The van der Waals surface area contributed by atoms with E-state index in [4.69, 9.17) is 9.47 Å². The highest BCUT2D eigenvalue weighted by atomic mass is 16.5. The van der Waals surface area contributed by atoms with Gasteiger partial charge in [0, 0.05) is 23.6 Å². The Kier molecular flexibility index (Phi) is 4.99.